The van der Waals surface area contributed by atoms with Gasteiger partial charge in [0, 0.05) is 43.0 Å². The summed E-state index contributed by atoms with van der Waals surface area (Å²) in [7, 11) is 0. The molecule has 0 radical (unpaired) electrons. The minimum atomic E-state index is -0.0584. The topological polar surface area (TPSA) is 82.0 Å². The first-order valence-corrected chi connectivity index (χ1v) is 10.0. The third-order valence-electron chi connectivity index (χ3n) is 5.75. The number of likely N-dealkylation sites (tertiary alicyclic amines) is 1. The van der Waals surface area contributed by atoms with Gasteiger partial charge < -0.3 is 4.52 Å². The molecule has 0 spiro atoms. The van der Waals surface area contributed by atoms with Crippen LogP contribution >= 0.6 is 0 Å². The summed E-state index contributed by atoms with van der Waals surface area (Å²) in [6.07, 6.45) is 9.98. The largest absolute Gasteiger partial charge is 0.361 e. The quantitative estimate of drug-likeness (QED) is 0.652. The summed E-state index contributed by atoms with van der Waals surface area (Å²) in [4.78, 5) is 14.7. The average Bonchev–Trinajstić information content (AvgIpc) is 3.21. The third-order valence-corrected chi connectivity index (χ3v) is 5.75. The molecule has 8 heteroatoms. The predicted molar refractivity (Wildman–Crippen MR) is 102 cm³/mol. The lowest BCUT2D eigenvalue weighted by molar-refractivity contribution is 0.162. The Hall–Kier alpha value is -2.74. The zero-order valence-corrected chi connectivity index (χ0v) is 15.8. The van der Waals surface area contributed by atoms with Crippen LogP contribution in [-0.4, -0.2) is 42.7 Å². The van der Waals surface area contributed by atoms with Gasteiger partial charge in [0.1, 0.15) is 5.76 Å². The number of piperidine rings is 1. The molecule has 3 aromatic heterocycles. The molecular formula is C20H24N6O2. The molecule has 5 rings (SSSR count). The van der Waals surface area contributed by atoms with Crippen molar-refractivity contribution in [3.8, 4) is 5.82 Å². The molecule has 1 aliphatic heterocycles. The summed E-state index contributed by atoms with van der Waals surface area (Å²) in [6, 6.07) is 5.13. The van der Waals surface area contributed by atoms with E-state index in [0.29, 0.717) is 24.2 Å². The van der Waals surface area contributed by atoms with Crippen LogP contribution in [-0.2, 0) is 13.1 Å². The molecule has 0 atom stereocenters. The maximum atomic E-state index is 12.2. The summed E-state index contributed by atoms with van der Waals surface area (Å²) in [6.45, 7) is 3.61. The Morgan fingerprint density at radius 2 is 2.00 bits per heavy atom. The first kappa shape index (κ1) is 17.4. The first-order valence-electron chi connectivity index (χ1n) is 10.0. The molecule has 1 aliphatic carbocycles. The molecule has 0 amide bonds. The standard InChI is InChI=1S/C20H24N6O2/c27-19-5-4-18(25-9-1-8-21-25)23-26(19)13-15-6-10-24(11-7-15)14-17-12-22-28-20(17)16-2-3-16/h1,4-5,8-9,12,15-16H,2-3,6-7,10-11,13-14H2. The Balaban J connectivity index is 1.20. The van der Waals surface area contributed by atoms with Gasteiger partial charge >= 0.3 is 0 Å². The fraction of sp³-hybridized carbons (Fsp3) is 0.500. The normalized spacial score (nSPS) is 18.6. The van der Waals surface area contributed by atoms with Crippen LogP contribution in [0.1, 0.15) is 42.9 Å². The van der Waals surface area contributed by atoms with Crippen LogP contribution in [0.4, 0.5) is 0 Å². The number of aromatic nitrogens is 5. The first-order chi connectivity index (χ1) is 13.8. The van der Waals surface area contributed by atoms with E-state index in [0.717, 1.165) is 38.2 Å². The third kappa shape index (κ3) is 3.64. The Labute approximate surface area is 162 Å². The Bertz CT molecular complexity index is 980. The van der Waals surface area contributed by atoms with Crippen molar-refractivity contribution in [1.82, 2.24) is 29.6 Å². The number of rotatable bonds is 6. The lowest BCUT2D eigenvalue weighted by atomic mass is 9.96. The fourth-order valence-corrected chi connectivity index (χ4v) is 3.98. The Morgan fingerprint density at radius 1 is 1.14 bits per heavy atom. The molecule has 4 heterocycles. The van der Waals surface area contributed by atoms with Gasteiger partial charge in [-0.15, -0.1) is 5.10 Å². The van der Waals surface area contributed by atoms with E-state index in [1.807, 2.05) is 18.5 Å². The highest BCUT2D eigenvalue weighted by Gasteiger charge is 2.31. The van der Waals surface area contributed by atoms with Crippen molar-refractivity contribution in [3.63, 3.8) is 0 Å². The summed E-state index contributed by atoms with van der Waals surface area (Å²) in [5.41, 5.74) is 1.18. The van der Waals surface area contributed by atoms with Gasteiger partial charge in [-0.2, -0.15) is 5.10 Å². The van der Waals surface area contributed by atoms with Crippen molar-refractivity contribution < 1.29 is 4.52 Å². The van der Waals surface area contributed by atoms with Gasteiger partial charge in [0.05, 0.1) is 6.20 Å². The minimum absolute atomic E-state index is 0.0584. The van der Waals surface area contributed by atoms with Gasteiger partial charge in [-0.3, -0.25) is 9.69 Å². The molecule has 28 heavy (non-hydrogen) atoms. The van der Waals surface area contributed by atoms with Gasteiger partial charge in [0.15, 0.2) is 5.82 Å². The second-order valence-electron chi connectivity index (χ2n) is 7.87. The SMILES string of the molecule is O=c1ccc(-n2cccn2)nn1CC1CCN(Cc2cnoc2C2CC2)CC1. The van der Waals surface area contributed by atoms with E-state index < -0.39 is 0 Å². The van der Waals surface area contributed by atoms with E-state index in [1.165, 1.54) is 18.4 Å². The summed E-state index contributed by atoms with van der Waals surface area (Å²) >= 11 is 0. The van der Waals surface area contributed by atoms with Gasteiger partial charge in [-0.05, 0) is 56.8 Å². The number of nitrogens with zero attached hydrogens (tertiary/aromatic N) is 6. The van der Waals surface area contributed by atoms with Gasteiger partial charge in [-0.1, -0.05) is 5.16 Å². The van der Waals surface area contributed by atoms with Crippen LogP contribution in [0.3, 0.4) is 0 Å². The molecule has 146 valence electrons. The van der Waals surface area contributed by atoms with Crippen molar-refractivity contribution in [2.45, 2.75) is 44.7 Å². The maximum absolute atomic E-state index is 12.2. The monoisotopic (exact) mass is 380 g/mol. The molecule has 1 saturated carbocycles. The van der Waals surface area contributed by atoms with Crippen LogP contribution in [0.2, 0.25) is 0 Å². The van der Waals surface area contributed by atoms with E-state index >= 15 is 0 Å². The zero-order valence-electron chi connectivity index (χ0n) is 15.8. The van der Waals surface area contributed by atoms with E-state index in [2.05, 4.69) is 20.3 Å². The van der Waals surface area contributed by atoms with E-state index in [4.69, 9.17) is 4.52 Å². The van der Waals surface area contributed by atoms with Gasteiger partial charge in [0.2, 0.25) is 0 Å². The van der Waals surface area contributed by atoms with Crippen LogP contribution in [0, 0.1) is 5.92 Å². The molecule has 0 aromatic carbocycles. The van der Waals surface area contributed by atoms with Crippen LogP contribution in [0.15, 0.2) is 46.1 Å². The Morgan fingerprint density at radius 3 is 2.75 bits per heavy atom. The van der Waals surface area contributed by atoms with E-state index in [-0.39, 0.29) is 5.56 Å². The van der Waals surface area contributed by atoms with Gasteiger partial charge in [0.25, 0.3) is 5.56 Å². The molecule has 3 aromatic rings. The minimum Gasteiger partial charge on any atom is -0.361 e. The second kappa shape index (κ2) is 7.35. The summed E-state index contributed by atoms with van der Waals surface area (Å²) < 4.78 is 8.72. The van der Waals surface area contributed by atoms with Crippen molar-refractivity contribution in [2.24, 2.45) is 5.92 Å². The molecule has 2 fully saturated rings. The molecular weight excluding hydrogens is 356 g/mol. The maximum Gasteiger partial charge on any atom is 0.266 e. The lowest BCUT2D eigenvalue weighted by Gasteiger charge is -2.31. The number of hydrogen-bond acceptors (Lipinski definition) is 6. The van der Waals surface area contributed by atoms with Crippen molar-refractivity contribution in [2.75, 3.05) is 13.1 Å². The zero-order chi connectivity index (χ0) is 18.9. The molecule has 0 unspecified atom stereocenters. The molecule has 8 nitrogen and oxygen atoms in total. The van der Waals surface area contributed by atoms with Crippen LogP contribution in [0.5, 0.6) is 0 Å². The van der Waals surface area contributed by atoms with Crippen LogP contribution < -0.4 is 5.56 Å². The molecule has 0 N–H and O–H groups in total. The van der Waals surface area contributed by atoms with Crippen LogP contribution in [0.25, 0.3) is 5.82 Å². The van der Waals surface area contributed by atoms with Crippen molar-refractivity contribution >= 4 is 0 Å². The molecule has 1 saturated heterocycles. The second-order valence-corrected chi connectivity index (χ2v) is 7.87. The number of hydrogen-bond donors (Lipinski definition) is 0. The van der Waals surface area contributed by atoms with Crippen molar-refractivity contribution in [3.05, 3.63) is 58.5 Å². The highest BCUT2D eigenvalue weighted by Crippen LogP contribution is 2.42. The smallest absolute Gasteiger partial charge is 0.266 e. The predicted octanol–water partition coefficient (Wildman–Crippen LogP) is 2.21. The van der Waals surface area contributed by atoms with Crippen molar-refractivity contribution in [1.29, 1.82) is 0 Å². The Kier molecular flexibility index (Phi) is 4.56. The average molecular weight is 380 g/mol. The molecule has 0 bridgehead atoms. The fourth-order valence-electron chi connectivity index (χ4n) is 3.98. The summed E-state index contributed by atoms with van der Waals surface area (Å²) in [5, 5.41) is 12.7. The van der Waals surface area contributed by atoms with Gasteiger partial charge in [-0.25, -0.2) is 9.36 Å². The molecule has 2 aliphatic rings. The summed E-state index contributed by atoms with van der Waals surface area (Å²) in [5.74, 6) is 2.81. The van der Waals surface area contributed by atoms with E-state index in [1.54, 1.807) is 27.7 Å². The van der Waals surface area contributed by atoms with E-state index in [9.17, 15) is 4.79 Å². The lowest BCUT2D eigenvalue weighted by Crippen LogP contribution is -2.36. The highest BCUT2D eigenvalue weighted by atomic mass is 16.5. The highest BCUT2D eigenvalue weighted by molar-refractivity contribution is 5.21.